The number of hydrogen-bond donors (Lipinski definition) is 1. The fraction of sp³-hybridized carbons (Fsp3) is 0.375. The molecule has 2 saturated heterocycles. The van der Waals surface area contributed by atoms with Gasteiger partial charge in [0.1, 0.15) is 0 Å². The third-order valence-corrected chi connectivity index (χ3v) is 4.14. The number of rotatable bonds is 2. The van der Waals surface area contributed by atoms with Crippen LogP contribution in [0.3, 0.4) is 0 Å². The molecular formula is C16H19N3O2. The van der Waals surface area contributed by atoms with Gasteiger partial charge in [-0.15, -0.1) is 0 Å². The van der Waals surface area contributed by atoms with Gasteiger partial charge in [0.15, 0.2) is 0 Å². The Hall–Kier alpha value is -2.30. The summed E-state index contributed by atoms with van der Waals surface area (Å²) in [7, 11) is 0. The summed E-state index contributed by atoms with van der Waals surface area (Å²) < 4.78 is 0. The maximum Gasteiger partial charge on any atom is 0.246 e. The van der Waals surface area contributed by atoms with Crippen molar-refractivity contribution in [3.05, 3.63) is 35.9 Å². The molecule has 2 aliphatic heterocycles. The fourth-order valence-corrected chi connectivity index (χ4v) is 3.00. The topological polar surface area (TPSA) is 66.6 Å². The minimum absolute atomic E-state index is 0.00331. The van der Waals surface area contributed by atoms with Crippen LogP contribution in [0, 0.1) is 0 Å². The summed E-state index contributed by atoms with van der Waals surface area (Å²) in [6.45, 7) is 1.91. The quantitative estimate of drug-likeness (QED) is 0.654. The number of nitrogens with zero attached hydrogens (tertiary/aromatic N) is 2. The van der Waals surface area contributed by atoms with Crippen LogP contribution < -0.4 is 5.73 Å². The summed E-state index contributed by atoms with van der Waals surface area (Å²) in [6.07, 6.45) is 4.85. The second-order valence-electron chi connectivity index (χ2n) is 5.57. The van der Waals surface area contributed by atoms with Crippen LogP contribution >= 0.6 is 0 Å². The number of amides is 2. The minimum atomic E-state index is -0.00331. The number of nitrogens with two attached hydrogens (primary N) is 1. The molecule has 2 amide bonds. The fourth-order valence-electron chi connectivity index (χ4n) is 3.00. The molecule has 1 aromatic rings. The monoisotopic (exact) mass is 285 g/mol. The zero-order valence-electron chi connectivity index (χ0n) is 11.9. The van der Waals surface area contributed by atoms with Crippen LogP contribution in [0.2, 0.25) is 0 Å². The van der Waals surface area contributed by atoms with Gasteiger partial charge in [0.05, 0.1) is 0 Å². The first-order valence-electron chi connectivity index (χ1n) is 7.25. The molecule has 0 aromatic heterocycles. The summed E-state index contributed by atoms with van der Waals surface area (Å²) in [4.78, 5) is 27.6. The molecular weight excluding hydrogens is 266 g/mol. The number of carbonyl (C=O) groups is 2. The Morgan fingerprint density at radius 3 is 3.00 bits per heavy atom. The van der Waals surface area contributed by atoms with Gasteiger partial charge in [-0.3, -0.25) is 9.59 Å². The van der Waals surface area contributed by atoms with Crippen LogP contribution in [0.25, 0.3) is 6.08 Å². The summed E-state index contributed by atoms with van der Waals surface area (Å²) in [6, 6.07) is 7.62. The van der Waals surface area contributed by atoms with E-state index >= 15 is 0 Å². The van der Waals surface area contributed by atoms with Crippen molar-refractivity contribution in [2.75, 3.05) is 25.4 Å². The molecule has 110 valence electrons. The number of hydrogen-bond acceptors (Lipinski definition) is 3. The van der Waals surface area contributed by atoms with E-state index in [9.17, 15) is 9.59 Å². The zero-order valence-corrected chi connectivity index (χ0v) is 11.9. The lowest BCUT2D eigenvalue weighted by atomic mass is 10.1. The van der Waals surface area contributed by atoms with Crippen molar-refractivity contribution in [3.8, 4) is 0 Å². The highest BCUT2D eigenvalue weighted by atomic mass is 16.2. The molecule has 1 aromatic carbocycles. The van der Waals surface area contributed by atoms with E-state index in [1.54, 1.807) is 12.2 Å². The van der Waals surface area contributed by atoms with E-state index in [1.807, 2.05) is 34.1 Å². The third kappa shape index (κ3) is 2.91. The highest BCUT2D eigenvalue weighted by Gasteiger charge is 2.36. The van der Waals surface area contributed by atoms with Crippen molar-refractivity contribution >= 4 is 23.6 Å². The molecule has 2 fully saturated rings. The van der Waals surface area contributed by atoms with Gasteiger partial charge in [-0.25, -0.2) is 0 Å². The summed E-state index contributed by atoms with van der Waals surface area (Å²) >= 11 is 0. The van der Waals surface area contributed by atoms with Crippen LogP contribution in [0.4, 0.5) is 5.69 Å². The molecule has 3 rings (SSSR count). The lowest BCUT2D eigenvalue weighted by Crippen LogP contribution is -2.52. The zero-order chi connectivity index (χ0) is 14.8. The molecule has 1 unspecified atom stereocenters. The van der Waals surface area contributed by atoms with E-state index < -0.39 is 0 Å². The number of carbonyl (C=O) groups excluding carboxylic acids is 2. The molecule has 5 nitrogen and oxygen atoms in total. The van der Waals surface area contributed by atoms with Crippen molar-refractivity contribution < 1.29 is 9.59 Å². The van der Waals surface area contributed by atoms with Gasteiger partial charge in [0.2, 0.25) is 11.8 Å². The Balaban J connectivity index is 1.62. The SMILES string of the molecule is Nc1cccc(/C=C/C(=O)N2CCN3C(=O)CCC3C2)c1. The average Bonchev–Trinajstić information content (AvgIpc) is 2.86. The molecule has 1 atom stereocenters. The Bertz CT molecular complexity index is 597. The Labute approximate surface area is 124 Å². The van der Waals surface area contributed by atoms with Crippen molar-refractivity contribution in [1.29, 1.82) is 0 Å². The molecule has 0 aliphatic carbocycles. The second-order valence-corrected chi connectivity index (χ2v) is 5.57. The predicted octanol–water partition coefficient (Wildman–Crippen LogP) is 1.12. The molecule has 0 bridgehead atoms. The lowest BCUT2D eigenvalue weighted by Gasteiger charge is -2.37. The van der Waals surface area contributed by atoms with E-state index in [4.69, 9.17) is 5.73 Å². The maximum atomic E-state index is 12.2. The number of benzene rings is 1. The highest BCUT2D eigenvalue weighted by molar-refractivity contribution is 5.92. The molecule has 5 heteroatoms. The maximum absolute atomic E-state index is 12.2. The smallest absolute Gasteiger partial charge is 0.246 e. The minimum Gasteiger partial charge on any atom is -0.399 e. The Morgan fingerprint density at radius 2 is 2.19 bits per heavy atom. The first-order chi connectivity index (χ1) is 10.1. The first-order valence-corrected chi connectivity index (χ1v) is 7.25. The van der Waals surface area contributed by atoms with Gasteiger partial charge in [-0.1, -0.05) is 12.1 Å². The molecule has 0 radical (unpaired) electrons. The molecule has 21 heavy (non-hydrogen) atoms. The van der Waals surface area contributed by atoms with E-state index in [2.05, 4.69) is 0 Å². The summed E-state index contributed by atoms with van der Waals surface area (Å²) in [5.74, 6) is 0.221. The average molecular weight is 285 g/mol. The van der Waals surface area contributed by atoms with Gasteiger partial charge in [0.25, 0.3) is 0 Å². The van der Waals surface area contributed by atoms with Crippen molar-refractivity contribution in [3.63, 3.8) is 0 Å². The lowest BCUT2D eigenvalue weighted by molar-refractivity contribution is -0.136. The Kier molecular flexibility index (Phi) is 3.64. The molecule has 2 N–H and O–H groups in total. The number of piperazine rings is 1. The number of fused-ring (bicyclic) bond motifs is 1. The van der Waals surface area contributed by atoms with Crippen molar-refractivity contribution in [2.24, 2.45) is 0 Å². The highest BCUT2D eigenvalue weighted by Crippen LogP contribution is 2.23. The van der Waals surface area contributed by atoms with E-state index in [-0.39, 0.29) is 17.9 Å². The van der Waals surface area contributed by atoms with Crippen LogP contribution in [0.1, 0.15) is 18.4 Å². The van der Waals surface area contributed by atoms with Gasteiger partial charge in [-0.05, 0) is 30.2 Å². The molecule has 2 heterocycles. The van der Waals surface area contributed by atoms with Crippen molar-refractivity contribution in [1.82, 2.24) is 9.80 Å². The van der Waals surface area contributed by atoms with Crippen LogP contribution in [0.5, 0.6) is 0 Å². The number of nitrogen functional groups attached to an aromatic ring is 1. The first kappa shape index (κ1) is 13.7. The van der Waals surface area contributed by atoms with Gasteiger partial charge in [-0.2, -0.15) is 0 Å². The molecule has 0 spiro atoms. The van der Waals surface area contributed by atoms with Crippen LogP contribution in [0.15, 0.2) is 30.3 Å². The van der Waals surface area contributed by atoms with Gasteiger partial charge < -0.3 is 15.5 Å². The second kappa shape index (κ2) is 5.60. The molecule has 0 saturated carbocycles. The summed E-state index contributed by atoms with van der Waals surface area (Å²) in [5, 5.41) is 0. The normalized spacial score (nSPS) is 21.9. The standard InChI is InChI=1S/C16H19N3O2/c17-13-3-1-2-12(10-13)4-6-15(20)18-8-9-19-14(11-18)5-7-16(19)21/h1-4,6,10,14H,5,7-9,11,17H2/b6-4+. The Morgan fingerprint density at radius 1 is 1.33 bits per heavy atom. The molecule has 2 aliphatic rings. The van der Waals surface area contributed by atoms with E-state index in [0.717, 1.165) is 12.0 Å². The van der Waals surface area contributed by atoms with E-state index in [0.29, 0.717) is 31.7 Å². The third-order valence-electron chi connectivity index (χ3n) is 4.14. The van der Waals surface area contributed by atoms with Gasteiger partial charge in [0, 0.05) is 43.9 Å². The number of anilines is 1. The van der Waals surface area contributed by atoms with Crippen molar-refractivity contribution in [2.45, 2.75) is 18.9 Å². The summed E-state index contributed by atoms with van der Waals surface area (Å²) in [5.41, 5.74) is 7.31. The van der Waals surface area contributed by atoms with Gasteiger partial charge >= 0.3 is 0 Å². The van der Waals surface area contributed by atoms with Crippen LogP contribution in [-0.2, 0) is 9.59 Å². The van der Waals surface area contributed by atoms with E-state index in [1.165, 1.54) is 0 Å². The van der Waals surface area contributed by atoms with Crippen LogP contribution in [-0.4, -0.2) is 47.3 Å². The largest absolute Gasteiger partial charge is 0.399 e. The predicted molar refractivity (Wildman–Crippen MR) is 81.2 cm³/mol.